The topological polar surface area (TPSA) is 0 Å². The molecule has 0 spiro atoms. The maximum Gasteiger partial charge on any atom is 0.379 e. The Labute approximate surface area is 168 Å². The van der Waals surface area contributed by atoms with E-state index in [1.165, 1.54) is 18.9 Å². The Morgan fingerprint density at radius 3 is 1.18 bits per heavy atom. The van der Waals surface area contributed by atoms with Crippen molar-refractivity contribution in [1.82, 2.24) is 0 Å². The van der Waals surface area contributed by atoms with Gasteiger partial charge in [-0.15, -0.1) is 21.4 Å². The number of thiophene rings is 1. The van der Waals surface area contributed by atoms with Gasteiger partial charge in [0, 0.05) is 14.7 Å². The lowest BCUT2D eigenvalue weighted by Crippen LogP contribution is -2.03. The number of halogens is 3. The first-order chi connectivity index (χ1) is 13.7. The van der Waals surface area contributed by atoms with Gasteiger partial charge in [-0.25, -0.2) is 0 Å². The quantitative estimate of drug-likeness (QED) is 0.314. The van der Waals surface area contributed by atoms with Crippen molar-refractivity contribution in [2.75, 3.05) is 0 Å². The molecule has 1 heterocycles. The monoisotopic (exact) mass is 416 g/mol. The van der Waals surface area contributed by atoms with Gasteiger partial charge >= 0.3 is 6.68 Å². The van der Waals surface area contributed by atoms with Crippen LogP contribution in [-0.2, 0) is 0 Å². The zero-order valence-electron chi connectivity index (χ0n) is 14.9. The summed E-state index contributed by atoms with van der Waals surface area (Å²) in [7, 11) is -1.45. The molecule has 0 saturated heterocycles. The fourth-order valence-electron chi connectivity index (χ4n) is 3.07. The molecule has 0 fully saturated rings. The van der Waals surface area contributed by atoms with Crippen LogP contribution in [0.25, 0.3) is 0 Å². The minimum absolute atomic E-state index is 1.38. The minimum Gasteiger partial charge on any atom is -0.174 e. The van der Waals surface area contributed by atoms with Gasteiger partial charge in [-0.2, -0.15) is 13.2 Å². The Bertz CT molecular complexity index is 842. The number of rotatable bonds is 4. The summed E-state index contributed by atoms with van der Waals surface area (Å²) in [5.41, 5.74) is 0. The van der Waals surface area contributed by atoms with Crippen molar-refractivity contribution in [2.45, 2.75) is 25.6 Å². The molecule has 28 heavy (non-hydrogen) atoms. The molecule has 1 aromatic heterocycles. The van der Waals surface area contributed by atoms with Crippen LogP contribution in [0, 0.1) is 0 Å². The molecule has 0 N–H and O–H groups in total. The third-order valence-electron chi connectivity index (χ3n) is 4.09. The van der Waals surface area contributed by atoms with Crippen LogP contribution >= 0.6 is 21.4 Å². The molecule has 4 rings (SSSR count). The minimum atomic E-state index is -3.67. The van der Waals surface area contributed by atoms with Crippen molar-refractivity contribution >= 4 is 21.4 Å². The van der Waals surface area contributed by atoms with E-state index >= 15 is 0 Å². The van der Waals surface area contributed by atoms with E-state index in [2.05, 4.69) is 109 Å². The zero-order valence-corrected chi connectivity index (χ0v) is 16.6. The molecule has 0 aliphatic rings. The molecule has 0 atom stereocenters. The fourth-order valence-corrected chi connectivity index (χ4v) is 8.62. The molecule has 0 saturated carbocycles. The average molecular weight is 417 g/mol. The van der Waals surface area contributed by atoms with Gasteiger partial charge in [0.2, 0.25) is 0 Å². The van der Waals surface area contributed by atoms with E-state index < -0.39 is 16.7 Å². The van der Waals surface area contributed by atoms with Gasteiger partial charge in [-0.1, -0.05) is 60.7 Å². The molecule has 0 radical (unpaired) electrons. The lowest BCUT2D eigenvalue weighted by Gasteiger charge is -2.40. The highest BCUT2D eigenvalue weighted by atomic mass is 32.3. The summed E-state index contributed by atoms with van der Waals surface area (Å²) >= 11 is 1.85. The Hall–Kier alpha value is -2.50. The summed E-state index contributed by atoms with van der Waals surface area (Å²) < 4.78 is 30.4. The van der Waals surface area contributed by atoms with E-state index in [-0.39, 0.29) is 0 Å². The second-order valence-electron chi connectivity index (χ2n) is 5.73. The molecule has 0 unspecified atom stereocenters. The van der Waals surface area contributed by atoms with Crippen LogP contribution in [0.1, 0.15) is 0 Å². The van der Waals surface area contributed by atoms with Crippen LogP contribution in [-0.4, -0.2) is 6.68 Å². The molecule has 0 aliphatic heterocycles. The molecule has 0 amide bonds. The third kappa shape index (κ3) is 4.32. The number of benzene rings is 3. The maximum atomic E-state index is 9.67. The van der Waals surface area contributed by atoms with Gasteiger partial charge in [-0.05, 0) is 47.8 Å². The molecule has 5 heteroatoms. The summed E-state index contributed by atoms with van der Waals surface area (Å²) in [4.78, 5) is 4.14. The summed E-state index contributed by atoms with van der Waals surface area (Å²) in [5.74, 6) is 0. The van der Waals surface area contributed by atoms with Crippen molar-refractivity contribution in [2.24, 2.45) is 0 Å². The Balaban J connectivity index is 0.000000516. The highest BCUT2D eigenvalue weighted by molar-refractivity contribution is 8.35. The van der Waals surface area contributed by atoms with Crippen molar-refractivity contribution in [3.8, 4) is 0 Å². The number of hydrogen-bond acceptors (Lipinski definition) is 1. The molecule has 0 nitrogen and oxygen atoms in total. The van der Waals surface area contributed by atoms with Gasteiger partial charge in [0.05, 0.1) is 4.21 Å². The number of hydrogen-bond donors (Lipinski definition) is 0. The van der Waals surface area contributed by atoms with Crippen molar-refractivity contribution in [1.29, 1.82) is 0 Å². The first kappa shape index (κ1) is 20.2. The van der Waals surface area contributed by atoms with E-state index in [0.29, 0.717) is 0 Å². The Morgan fingerprint density at radius 1 is 0.536 bits per heavy atom. The highest BCUT2D eigenvalue weighted by Gasteiger charge is 2.33. The van der Waals surface area contributed by atoms with Gasteiger partial charge in [-0.3, -0.25) is 0 Å². The van der Waals surface area contributed by atoms with E-state index in [4.69, 9.17) is 0 Å². The largest absolute Gasteiger partial charge is 0.379 e. The third-order valence-corrected chi connectivity index (χ3v) is 9.46. The van der Waals surface area contributed by atoms with E-state index in [1.54, 1.807) is 0 Å². The van der Waals surface area contributed by atoms with E-state index in [9.17, 15) is 13.2 Å². The standard InChI is InChI=1S/C22H18S2.CHF3/c1-4-11-19(12-5-1)24(22-17-10-18-23-22,20-13-6-2-7-14-20)21-15-8-3-9-16-21;2-1(3)4/h1-18H;1H. The molecule has 0 aliphatic carbocycles. The second-order valence-corrected chi connectivity index (χ2v) is 10.0. The van der Waals surface area contributed by atoms with Crippen LogP contribution in [0.2, 0.25) is 0 Å². The van der Waals surface area contributed by atoms with Crippen LogP contribution in [0.5, 0.6) is 0 Å². The predicted octanol–water partition coefficient (Wildman–Crippen LogP) is 8.27. The molecule has 3 aromatic carbocycles. The fraction of sp³-hybridized carbons (Fsp3) is 0.0435. The zero-order chi connectivity index (χ0) is 19.8. The summed E-state index contributed by atoms with van der Waals surface area (Å²) in [6.45, 7) is -3.67. The van der Waals surface area contributed by atoms with Crippen LogP contribution in [0.15, 0.2) is 127 Å². The predicted molar refractivity (Wildman–Crippen MR) is 111 cm³/mol. The summed E-state index contributed by atoms with van der Waals surface area (Å²) in [5, 5.41) is 2.19. The average Bonchev–Trinajstić information content (AvgIpc) is 3.26. The molecular weight excluding hydrogens is 397 g/mol. The lowest BCUT2D eigenvalue weighted by atomic mass is 10.4. The molecular formula is C23H19F3S2. The first-order valence-corrected chi connectivity index (χ1v) is 11.1. The molecule has 144 valence electrons. The summed E-state index contributed by atoms with van der Waals surface area (Å²) in [6, 6.07) is 37.3. The lowest BCUT2D eigenvalue weighted by molar-refractivity contribution is 0.00819. The van der Waals surface area contributed by atoms with Crippen molar-refractivity contribution in [3.05, 3.63) is 109 Å². The highest BCUT2D eigenvalue weighted by Crippen LogP contribution is 2.74. The first-order valence-electron chi connectivity index (χ1n) is 8.60. The van der Waals surface area contributed by atoms with Crippen LogP contribution in [0.4, 0.5) is 13.2 Å². The normalized spacial score (nSPS) is 11.6. The van der Waals surface area contributed by atoms with Gasteiger partial charge in [0.15, 0.2) is 0 Å². The Kier molecular flexibility index (Phi) is 6.95. The molecule has 4 aromatic rings. The summed E-state index contributed by atoms with van der Waals surface area (Å²) in [6.07, 6.45) is 0. The van der Waals surface area contributed by atoms with E-state index in [1.807, 2.05) is 11.3 Å². The maximum absolute atomic E-state index is 9.67. The number of alkyl halides is 3. The Morgan fingerprint density at radius 2 is 0.893 bits per heavy atom. The SMILES string of the molecule is FC(F)F.c1ccc(S(c2ccccc2)(c2ccccc2)c2cccs2)cc1. The van der Waals surface area contributed by atoms with Crippen LogP contribution < -0.4 is 0 Å². The smallest absolute Gasteiger partial charge is 0.174 e. The van der Waals surface area contributed by atoms with Crippen molar-refractivity contribution < 1.29 is 13.2 Å². The van der Waals surface area contributed by atoms with Gasteiger partial charge in [0.1, 0.15) is 0 Å². The molecule has 0 bridgehead atoms. The van der Waals surface area contributed by atoms with Gasteiger partial charge in [0.25, 0.3) is 0 Å². The van der Waals surface area contributed by atoms with Gasteiger partial charge < -0.3 is 0 Å². The second kappa shape index (κ2) is 9.62. The van der Waals surface area contributed by atoms with E-state index in [0.717, 1.165) is 0 Å². The van der Waals surface area contributed by atoms with Crippen LogP contribution in [0.3, 0.4) is 0 Å². The van der Waals surface area contributed by atoms with Crippen molar-refractivity contribution in [3.63, 3.8) is 0 Å².